The topological polar surface area (TPSA) is 46.5 Å². The first-order chi connectivity index (χ1) is 5.81. The van der Waals surface area contributed by atoms with Gasteiger partial charge in [0.1, 0.15) is 0 Å². The van der Waals surface area contributed by atoms with Crippen molar-refractivity contribution in [3.63, 3.8) is 0 Å². The van der Waals surface area contributed by atoms with E-state index in [1.807, 2.05) is 6.92 Å². The summed E-state index contributed by atoms with van der Waals surface area (Å²) in [7, 11) is -2.61. The van der Waals surface area contributed by atoms with Crippen LogP contribution in [0.15, 0.2) is 27.5 Å². The van der Waals surface area contributed by atoms with E-state index in [0.29, 0.717) is 4.91 Å². The van der Waals surface area contributed by atoms with E-state index >= 15 is 0 Å². The molecule has 74 valence electrons. The minimum Gasteiger partial charge on any atom is -0.272 e. The van der Waals surface area contributed by atoms with Crippen molar-refractivity contribution < 1.29 is 9.00 Å². The molecule has 0 saturated carbocycles. The van der Waals surface area contributed by atoms with Gasteiger partial charge in [0.25, 0.3) is 5.91 Å². The summed E-state index contributed by atoms with van der Waals surface area (Å²) in [5.74, 6) is -0.433. The first-order valence-corrected chi connectivity index (χ1v) is 5.78. The Kier molecular flexibility index (Phi) is 4.07. The van der Waals surface area contributed by atoms with E-state index in [-0.39, 0.29) is 0 Å². The van der Waals surface area contributed by atoms with Crippen molar-refractivity contribution in [3.05, 3.63) is 23.1 Å². The smallest absolute Gasteiger partial charge is 0.250 e. The van der Waals surface area contributed by atoms with Crippen molar-refractivity contribution in [2.75, 3.05) is 6.26 Å². The number of nitrogens with zero attached hydrogens (tertiary/aromatic N) is 1. The first kappa shape index (κ1) is 12.1. The van der Waals surface area contributed by atoms with Crippen LogP contribution in [0.4, 0.5) is 0 Å². The zero-order valence-electron chi connectivity index (χ0n) is 8.46. The Labute approximate surface area is 79.7 Å². The normalized spacial score (nSPS) is 16.2. The monoisotopic (exact) mass is 201 g/mol. The zero-order valence-corrected chi connectivity index (χ0v) is 9.27. The number of hydrogen-bond donors (Lipinski definition) is 0. The Balaban J connectivity index is 5.21. The molecule has 0 aliphatic rings. The summed E-state index contributed by atoms with van der Waals surface area (Å²) in [5, 5.41) is 0. The van der Waals surface area contributed by atoms with Gasteiger partial charge in [-0.05, 0) is 19.4 Å². The van der Waals surface area contributed by atoms with E-state index in [1.54, 1.807) is 13.0 Å². The summed E-state index contributed by atoms with van der Waals surface area (Å²) in [5.41, 5.74) is 0.803. The molecule has 0 aromatic rings. The van der Waals surface area contributed by atoms with Gasteiger partial charge in [-0.15, -0.1) is 0 Å². The molecular formula is C9H15NO2S. The molecule has 0 saturated heterocycles. The molecule has 0 aliphatic heterocycles. The largest absolute Gasteiger partial charge is 0.272 e. The predicted octanol–water partition coefficient (Wildman–Crippen LogP) is 2.11. The highest BCUT2D eigenvalue weighted by atomic mass is 32.2. The molecule has 0 bridgehead atoms. The summed E-state index contributed by atoms with van der Waals surface area (Å²) < 4.78 is 15.3. The molecule has 1 amide bonds. The summed E-state index contributed by atoms with van der Waals surface area (Å²) in [6.07, 6.45) is 3.21. The third kappa shape index (κ3) is 3.55. The minimum atomic E-state index is -2.61. The molecule has 1 unspecified atom stereocenters. The molecule has 3 nitrogen and oxygen atoms in total. The summed E-state index contributed by atoms with van der Waals surface area (Å²) in [6.45, 7) is 8.56. The van der Waals surface area contributed by atoms with Crippen LogP contribution in [0.25, 0.3) is 0 Å². The standard InChI is InChI=1S/C9H15NO2S/c1-6-7(2)8(3)13(5,12)10-9(4)11/h6H,3H2,1-2,4-5H3/b7-6-. The Hall–Kier alpha value is -0.900. The third-order valence-corrected chi connectivity index (χ3v) is 3.47. The molecule has 1 atom stereocenters. The van der Waals surface area contributed by atoms with E-state index in [0.717, 1.165) is 5.57 Å². The van der Waals surface area contributed by atoms with Gasteiger partial charge in [0.2, 0.25) is 0 Å². The average Bonchev–Trinajstić information content (AvgIpc) is 1.99. The van der Waals surface area contributed by atoms with Gasteiger partial charge in [-0.2, -0.15) is 4.36 Å². The summed E-state index contributed by atoms with van der Waals surface area (Å²) >= 11 is 0. The highest BCUT2D eigenvalue weighted by Crippen LogP contribution is 2.15. The van der Waals surface area contributed by atoms with E-state index in [4.69, 9.17) is 0 Å². The number of carbonyl (C=O) groups excluding carboxylic acids is 1. The van der Waals surface area contributed by atoms with Gasteiger partial charge in [-0.25, -0.2) is 4.21 Å². The van der Waals surface area contributed by atoms with Gasteiger partial charge in [-0.3, -0.25) is 4.79 Å². The second-order valence-electron chi connectivity index (χ2n) is 2.81. The maximum absolute atomic E-state index is 11.8. The molecule has 0 fully saturated rings. The fourth-order valence-electron chi connectivity index (χ4n) is 0.760. The van der Waals surface area contributed by atoms with Crippen molar-refractivity contribution in [1.29, 1.82) is 0 Å². The van der Waals surface area contributed by atoms with Crippen LogP contribution in [0.2, 0.25) is 0 Å². The van der Waals surface area contributed by atoms with Crippen molar-refractivity contribution in [3.8, 4) is 0 Å². The number of rotatable bonds is 2. The highest BCUT2D eigenvalue weighted by molar-refractivity contribution is 7.97. The van der Waals surface area contributed by atoms with E-state index in [1.165, 1.54) is 13.2 Å². The Morgan fingerprint density at radius 1 is 1.46 bits per heavy atom. The molecule has 0 heterocycles. The van der Waals surface area contributed by atoms with Crippen LogP contribution < -0.4 is 0 Å². The molecule has 0 aliphatic carbocycles. The van der Waals surface area contributed by atoms with Crippen LogP contribution in [-0.4, -0.2) is 16.4 Å². The molecule has 0 aromatic carbocycles. The van der Waals surface area contributed by atoms with Gasteiger partial charge in [0.05, 0.1) is 9.73 Å². The van der Waals surface area contributed by atoms with Gasteiger partial charge >= 0.3 is 0 Å². The van der Waals surface area contributed by atoms with Gasteiger partial charge in [0, 0.05) is 18.1 Å². The van der Waals surface area contributed by atoms with Crippen molar-refractivity contribution >= 4 is 15.6 Å². The van der Waals surface area contributed by atoms with Gasteiger partial charge < -0.3 is 0 Å². The second kappa shape index (κ2) is 4.37. The average molecular weight is 201 g/mol. The minimum absolute atomic E-state index is 0.421. The van der Waals surface area contributed by atoms with Crippen LogP contribution >= 0.6 is 0 Å². The number of allylic oxidation sites excluding steroid dienone is 2. The Bertz CT molecular complexity index is 371. The maximum atomic E-state index is 11.8. The van der Waals surface area contributed by atoms with E-state index in [2.05, 4.69) is 10.9 Å². The molecule has 0 rings (SSSR count). The second-order valence-corrected chi connectivity index (χ2v) is 5.09. The molecule has 0 N–H and O–H groups in total. The van der Waals surface area contributed by atoms with Gasteiger partial charge in [-0.1, -0.05) is 12.7 Å². The Morgan fingerprint density at radius 3 is 2.23 bits per heavy atom. The van der Waals surface area contributed by atoms with Crippen LogP contribution in [0.5, 0.6) is 0 Å². The lowest BCUT2D eigenvalue weighted by atomic mass is 10.3. The molecule has 0 radical (unpaired) electrons. The summed E-state index contributed by atoms with van der Waals surface area (Å²) in [4.78, 5) is 11.1. The highest BCUT2D eigenvalue weighted by Gasteiger charge is 2.09. The lowest BCUT2D eigenvalue weighted by Crippen LogP contribution is -2.03. The van der Waals surface area contributed by atoms with Crippen molar-refractivity contribution in [1.82, 2.24) is 0 Å². The molecule has 13 heavy (non-hydrogen) atoms. The number of carbonyl (C=O) groups is 1. The maximum Gasteiger partial charge on any atom is 0.250 e. The molecule has 0 aromatic heterocycles. The van der Waals surface area contributed by atoms with Crippen LogP contribution in [-0.2, 0) is 14.5 Å². The predicted molar refractivity (Wildman–Crippen MR) is 55.7 cm³/mol. The fourth-order valence-corrected chi connectivity index (χ4v) is 2.08. The number of amides is 1. The van der Waals surface area contributed by atoms with Crippen LogP contribution in [0.1, 0.15) is 20.8 Å². The molecular weight excluding hydrogens is 186 g/mol. The lowest BCUT2D eigenvalue weighted by Gasteiger charge is -2.06. The zero-order chi connectivity index (χ0) is 10.6. The van der Waals surface area contributed by atoms with Crippen LogP contribution in [0.3, 0.4) is 0 Å². The van der Waals surface area contributed by atoms with Crippen molar-refractivity contribution in [2.45, 2.75) is 20.8 Å². The third-order valence-electron chi connectivity index (χ3n) is 1.63. The van der Waals surface area contributed by atoms with Crippen molar-refractivity contribution in [2.24, 2.45) is 4.36 Å². The Morgan fingerprint density at radius 2 is 1.92 bits per heavy atom. The first-order valence-electron chi connectivity index (χ1n) is 3.86. The fraction of sp³-hybridized carbons (Fsp3) is 0.444. The van der Waals surface area contributed by atoms with Crippen LogP contribution in [0, 0.1) is 0 Å². The van der Waals surface area contributed by atoms with E-state index in [9.17, 15) is 9.00 Å². The summed E-state index contributed by atoms with van der Waals surface area (Å²) in [6, 6.07) is 0. The molecule has 4 heteroatoms. The van der Waals surface area contributed by atoms with Gasteiger partial charge in [0.15, 0.2) is 0 Å². The molecule has 0 spiro atoms. The lowest BCUT2D eigenvalue weighted by molar-refractivity contribution is -0.115. The SMILES string of the molecule is C=C(/C(C)=C\C)S(C)(=O)=NC(C)=O. The number of hydrogen-bond acceptors (Lipinski definition) is 2. The van der Waals surface area contributed by atoms with E-state index < -0.39 is 15.6 Å². The quantitative estimate of drug-likeness (QED) is 0.642.